The number of amidine groups is 1. The predicted octanol–water partition coefficient (Wildman–Crippen LogP) is 1.34. The minimum Gasteiger partial charge on any atom is -0.356 e. The summed E-state index contributed by atoms with van der Waals surface area (Å²) < 4.78 is 38.3. The molecular weight excluding hydrogens is 188 g/mol. The van der Waals surface area contributed by atoms with Gasteiger partial charge in [0.1, 0.15) is 0 Å². The van der Waals surface area contributed by atoms with Crippen LogP contribution in [0.2, 0.25) is 0 Å². The summed E-state index contributed by atoms with van der Waals surface area (Å²) in [5.41, 5.74) is 0.239. The Balaban J connectivity index is 2.87. The Morgan fingerprint density at radius 1 is 1.47 bits per heavy atom. The quantitative estimate of drug-likeness (QED) is 0.448. The fraction of sp³-hybridized carbons (Fsp3) is 0.273. The van der Waals surface area contributed by atoms with Gasteiger partial charge in [-0.25, -0.2) is 0 Å². The van der Waals surface area contributed by atoms with E-state index in [9.17, 15) is 0 Å². The highest BCUT2D eigenvalue weighted by molar-refractivity contribution is 5.95. The molecule has 0 aliphatic rings. The van der Waals surface area contributed by atoms with E-state index in [0.29, 0.717) is 0 Å². The molecule has 15 heavy (non-hydrogen) atoms. The maximum Gasteiger partial charge on any atom is 0.193 e. The van der Waals surface area contributed by atoms with Gasteiger partial charge in [-0.15, -0.1) is 0 Å². The highest BCUT2D eigenvalue weighted by atomic mass is 15.1. The van der Waals surface area contributed by atoms with Crippen LogP contribution in [0.3, 0.4) is 0 Å². The summed E-state index contributed by atoms with van der Waals surface area (Å²) in [6, 6.07) is 3.93. The third-order valence-corrected chi connectivity index (χ3v) is 1.43. The van der Waals surface area contributed by atoms with Crippen LogP contribution in [0.1, 0.15) is 19.3 Å². The van der Waals surface area contributed by atoms with E-state index in [1.165, 1.54) is 25.1 Å². The van der Waals surface area contributed by atoms with Gasteiger partial charge in [0.2, 0.25) is 0 Å². The zero-order chi connectivity index (χ0) is 15.5. The van der Waals surface area contributed by atoms with Gasteiger partial charge in [0.05, 0.1) is 8.58 Å². The van der Waals surface area contributed by atoms with Gasteiger partial charge in [-0.2, -0.15) is 0 Å². The molecule has 1 atom stereocenters. The van der Waals surface area contributed by atoms with Gasteiger partial charge >= 0.3 is 0 Å². The van der Waals surface area contributed by atoms with Crippen molar-refractivity contribution in [2.75, 3.05) is 6.50 Å². The molecule has 0 saturated heterocycles. The van der Waals surface area contributed by atoms with E-state index in [-0.39, 0.29) is 23.5 Å². The lowest BCUT2D eigenvalue weighted by Crippen LogP contribution is -2.39. The molecule has 4 nitrogen and oxygen atoms in total. The van der Waals surface area contributed by atoms with E-state index in [1.54, 1.807) is 0 Å². The number of nitrogens with one attached hydrogen (secondary N) is 4. The molecule has 0 amide bonds. The number of hydrogen-bond donors (Lipinski definition) is 4. The molecule has 4 N–H and O–H groups in total. The number of rotatable bonds is 3. The molecule has 1 aromatic carbocycles. The molecule has 0 aliphatic carbocycles. The summed E-state index contributed by atoms with van der Waals surface area (Å²) in [7, 11) is 0. The van der Waals surface area contributed by atoms with Crippen LogP contribution in [0.5, 0.6) is 0 Å². The first-order valence-electron chi connectivity index (χ1n) is 6.89. The van der Waals surface area contributed by atoms with Gasteiger partial charge in [0, 0.05) is 10.6 Å². The summed E-state index contributed by atoms with van der Waals surface area (Å²) >= 11 is 0. The van der Waals surface area contributed by atoms with Crippen molar-refractivity contribution < 1.29 is 6.85 Å². The fourth-order valence-electron chi connectivity index (χ4n) is 0.859. The standard InChI is InChI=1S/C11H16N4/c1-9(12)15-11(13)14-8-7-10-5-3-2-4-6-10/h2-6H,7-8H2,1H3,(H4,12,13,14,15)/i2D,3D,7D,8D2. The molecule has 0 bridgehead atoms. The summed E-state index contributed by atoms with van der Waals surface area (Å²) in [6.45, 7) is -0.848. The molecule has 0 aromatic heterocycles. The van der Waals surface area contributed by atoms with Crippen LogP contribution >= 0.6 is 0 Å². The average Bonchev–Trinajstić information content (AvgIpc) is 2.29. The molecule has 0 aliphatic heterocycles. The SMILES string of the molecule is [2H]c1ccc(C([2H])C([2H])([2H])NC(=N)NC(C)=N)cc1[2H]. The van der Waals surface area contributed by atoms with Crippen molar-refractivity contribution in [1.29, 1.82) is 10.8 Å². The van der Waals surface area contributed by atoms with Crippen LogP contribution in [-0.2, 0) is 6.40 Å². The lowest BCUT2D eigenvalue weighted by molar-refractivity contribution is 0.842. The van der Waals surface area contributed by atoms with Crippen molar-refractivity contribution >= 4 is 11.8 Å². The zero-order valence-electron chi connectivity index (χ0n) is 13.3. The molecule has 1 rings (SSSR count). The Bertz CT molecular complexity index is 532. The maximum absolute atomic E-state index is 7.90. The Morgan fingerprint density at radius 2 is 2.27 bits per heavy atom. The minimum absolute atomic E-state index is 0.00307. The Hall–Kier alpha value is -1.84. The van der Waals surface area contributed by atoms with Gasteiger partial charge in [-0.3, -0.25) is 10.8 Å². The Morgan fingerprint density at radius 3 is 2.93 bits per heavy atom. The molecule has 1 aromatic rings. The molecule has 0 fully saturated rings. The third-order valence-electron chi connectivity index (χ3n) is 1.43. The second-order valence-corrected chi connectivity index (χ2v) is 2.81. The highest BCUT2D eigenvalue weighted by Crippen LogP contribution is 1.97. The predicted molar refractivity (Wildman–Crippen MR) is 62.4 cm³/mol. The molecule has 1 unspecified atom stereocenters. The van der Waals surface area contributed by atoms with E-state index >= 15 is 0 Å². The molecule has 80 valence electrons. The van der Waals surface area contributed by atoms with Crippen LogP contribution in [0.15, 0.2) is 30.3 Å². The zero-order valence-corrected chi connectivity index (χ0v) is 8.31. The largest absolute Gasteiger partial charge is 0.356 e. The van der Waals surface area contributed by atoms with E-state index < -0.39 is 18.9 Å². The molecule has 0 saturated carbocycles. The first kappa shape index (κ1) is 5.90. The van der Waals surface area contributed by atoms with Crippen LogP contribution in [-0.4, -0.2) is 18.3 Å². The smallest absolute Gasteiger partial charge is 0.193 e. The monoisotopic (exact) mass is 209 g/mol. The van der Waals surface area contributed by atoms with Crippen molar-refractivity contribution in [3.63, 3.8) is 0 Å². The number of guanidine groups is 1. The number of aryl methyl sites for hydroxylation is 1. The third kappa shape index (κ3) is 4.81. The van der Waals surface area contributed by atoms with Crippen molar-refractivity contribution in [1.82, 2.24) is 10.6 Å². The topological polar surface area (TPSA) is 71.8 Å². The lowest BCUT2D eigenvalue weighted by Gasteiger charge is -2.08. The Labute approximate surface area is 96.8 Å². The normalized spacial score (nSPS) is 17.3. The summed E-state index contributed by atoms with van der Waals surface area (Å²) in [6.07, 6.45) is -1.37. The maximum atomic E-state index is 7.90. The van der Waals surface area contributed by atoms with E-state index in [4.69, 9.17) is 17.7 Å². The van der Waals surface area contributed by atoms with Crippen molar-refractivity contribution in [3.05, 3.63) is 35.8 Å². The van der Waals surface area contributed by atoms with E-state index in [2.05, 4.69) is 10.6 Å². The van der Waals surface area contributed by atoms with E-state index in [1.807, 2.05) is 0 Å². The molecule has 0 spiro atoms. The second-order valence-electron chi connectivity index (χ2n) is 2.81. The van der Waals surface area contributed by atoms with Crippen LogP contribution in [0, 0.1) is 10.8 Å². The van der Waals surface area contributed by atoms with Gasteiger partial charge in [0.25, 0.3) is 0 Å². The lowest BCUT2D eigenvalue weighted by atomic mass is 10.1. The minimum atomic E-state index is -2.25. The summed E-state index contributed by atoms with van der Waals surface area (Å²) in [5.74, 6) is -0.435. The van der Waals surface area contributed by atoms with Crippen molar-refractivity contribution in [2.24, 2.45) is 0 Å². The summed E-state index contributed by atoms with van der Waals surface area (Å²) in [4.78, 5) is 0. The van der Waals surface area contributed by atoms with Gasteiger partial charge in [-0.05, 0) is 18.9 Å². The highest BCUT2D eigenvalue weighted by Gasteiger charge is 1.95. The Kier molecular flexibility index (Phi) is 2.28. The fourth-order valence-corrected chi connectivity index (χ4v) is 0.859. The van der Waals surface area contributed by atoms with Gasteiger partial charge < -0.3 is 10.6 Å². The first-order chi connectivity index (χ1) is 9.13. The molecule has 0 heterocycles. The molecule has 0 radical (unpaired) electrons. The van der Waals surface area contributed by atoms with Crippen LogP contribution in [0.4, 0.5) is 0 Å². The van der Waals surface area contributed by atoms with Crippen molar-refractivity contribution in [2.45, 2.75) is 13.3 Å². The number of benzene rings is 1. The molecular formula is C11H16N4. The van der Waals surface area contributed by atoms with Gasteiger partial charge in [0.15, 0.2) is 5.96 Å². The van der Waals surface area contributed by atoms with Gasteiger partial charge in [-0.1, -0.05) is 30.3 Å². The van der Waals surface area contributed by atoms with Crippen molar-refractivity contribution in [3.8, 4) is 0 Å². The first-order valence-corrected chi connectivity index (χ1v) is 4.32. The van der Waals surface area contributed by atoms with E-state index in [0.717, 1.165) is 0 Å². The van der Waals surface area contributed by atoms with Crippen LogP contribution in [0.25, 0.3) is 0 Å². The van der Waals surface area contributed by atoms with Crippen LogP contribution < -0.4 is 10.6 Å². The molecule has 4 heteroatoms. The second kappa shape index (κ2) is 5.80. The average molecular weight is 209 g/mol. The number of hydrogen-bond acceptors (Lipinski definition) is 2. The summed E-state index contributed by atoms with van der Waals surface area (Å²) in [5, 5.41) is 19.1.